The first-order valence-corrected chi connectivity index (χ1v) is 7.18. The number of aromatic nitrogens is 2. The minimum atomic E-state index is -0.542. The highest BCUT2D eigenvalue weighted by Crippen LogP contribution is 2.17. The summed E-state index contributed by atoms with van der Waals surface area (Å²) in [5.41, 5.74) is 0. The molecule has 3 N–H and O–H groups in total. The van der Waals surface area contributed by atoms with Crippen LogP contribution in [0.15, 0.2) is 0 Å². The molecule has 104 valence electrons. The standard InChI is InChI=1S/C11H17N5O2S/c1-2-3-4-5-8-15-16-11(19-8)14-9(17)7-6-12-10(18)13-7/h7H,2-6H2,1H3,(H2,12,13,18)(H,14,16,17)/t7-/m0/s1. The van der Waals surface area contributed by atoms with E-state index in [1.165, 1.54) is 17.8 Å². The second kappa shape index (κ2) is 6.46. The molecule has 0 unspecified atom stereocenters. The van der Waals surface area contributed by atoms with Crippen LogP contribution in [-0.4, -0.2) is 34.7 Å². The number of hydrogen-bond donors (Lipinski definition) is 3. The Kier molecular flexibility index (Phi) is 4.67. The fourth-order valence-electron chi connectivity index (χ4n) is 1.74. The van der Waals surface area contributed by atoms with Gasteiger partial charge in [0, 0.05) is 13.0 Å². The van der Waals surface area contributed by atoms with Gasteiger partial charge in [0.05, 0.1) is 0 Å². The monoisotopic (exact) mass is 283 g/mol. The van der Waals surface area contributed by atoms with Gasteiger partial charge >= 0.3 is 6.03 Å². The van der Waals surface area contributed by atoms with E-state index < -0.39 is 6.04 Å². The summed E-state index contributed by atoms with van der Waals surface area (Å²) >= 11 is 1.38. The molecule has 1 aromatic rings. The third-order valence-electron chi connectivity index (χ3n) is 2.78. The van der Waals surface area contributed by atoms with Gasteiger partial charge in [-0.05, 0) is 6.42 Å². The Balaban J connectivity index is 1.82. The molecule has 2 heterocycles. The normalized spacial score (nSPS) is 17.9. The first-order valence-electron chi connectivity index (χ1n) is 6.36. The summed E-state index contributed by atoms with van der Waals surface area (Å²) in [6, 6.07) is -0.863. The van der Waals surface area contributed by atoms with E-state index in [2.05, 4.69) is 33.1 Å². The van der Waals surface area contributed by atoms with E-state index in [0.717, 1.165) is 24.3 Å². The first-order chi connectivity index (χ1) is 9.19. The summed E-state index contributed by atoms with van der Waals surface area (Å²) in [5, 5.41) is 17.1. The number of unbranched alkanes of at least 4 members (excludes halogenated alkanes) is 2. The number of carbonyl (C=O) groups is 2. The van der Waals surface area contributed by atoms with E-state index in [1.54, 1.807) is 0 Å². The number of anilines is 1. The lowest BCUT2D eigenvalue weighted by atomic mass is 10.2. The zero-order chi connectivity index (χ0) is 13.7. The van der Waals surface area contributed by atoms with Crippen molar-refractivity contribution in [3.8, 4) is 0 Å². The van der Waals surface area contributed by atoms with Gasteiger partial charge in [-0.25, -0.2) is 4.79 Å². The molecule has 0 spiro atoms. The zero-order valence-corrected chi connectivity index (χ0v) is 11.5. The average Bonchev–Trinajstić information content (AvgIpc) is 2.99. The van der Waals surface area contributed by atoms with Gasteiger partial charge in [-0.3, -0.25) is 10.1 Å². The minimum Gasteiger partial charge on any atom is -0.336 e. The molecule has 8 heteroatoms. The largest absolute Gasteiger partial charge is 0.336 e. The van der Waals surface area contributed by atoms with Gasteiger partial charge in [-0.1, -0.05) is 31.1 Å². The molecular formula is C11H17N5O2S. The summed E-state index contributed by atoms with van der Waals surface area (Å²) in [4.78, 5) is 22.7. The molecule has 0 bridgehead atoms. The van der Waals surface area contributed by atoms with Crippen LogP contribution in [0.2, 0.25) is 0 Å². The molecule has 1 saturated heterocycles. The van der Waals surface area contributed by atoms with E-state index in [-0.39, 0.29) is 11.9 Å². The maximum atomic E-state index is 11.8. The fourth-order valence-corrected chi connectivity index (χ4v) is 2.52. The molecule has 1 aliphatic heterocycles. The number of nitrogens with one attached hydrogen (secondary N) is 3. The lowest BCUT2D eigenvalue weighted by molar-refractivity contribution is -0.117. The van der Waals surface area contributed by atoms with Crippen molar-refractivity contribution in [3.63, 3.8) is 0 Å². The quantitative estimate of drug-likeness (QED) is 0.676. The molecule has 7 nitrogen and oxygen atoms in total. The second-order valence-electron chi connectivity index (χ2n) is 4.35. The third-order valence-corrected chi connectivity index (χ3v) is 3.68. The fraction of sp³-hybridized carbons (Fsp3) is 0.636. The number of aryl methyl sites for hydroxylation is 1. The van der Waals surface area contributed by atoms with Gasteiger partial charge in [0.25, 0.3) is 5.91 Å². The molecule has 0 saturated carbocycles. The second-order valence-corrected chi connectivity index (χ2v) is 5.42. The lowest BCUT2D eigenvalue weighted by Crippen LogP contribution is -2.38. The van der Waals surface area contributed by atoms with Gasteiger partial charge in [-0.2, -0.15) is 0 Å². The van der Waals surface area contributed by atoms with Crippen molar-refractivity contribution in [2.75, 3.05) is 11.9 Å². The van der Waals surface area contributed by atoms with Crippen LogP contribution in [0.25, 0.3) is 0 Å². The predicted octanol–water partition coefficient (Wildman–Crippen LogP) is 0.891. The van der Waals surface area contributed by atoms with E-state index in [0.29, 0.717) is 11.7 Å². The summed E-state index contributed by atoms with van der Waals surface area (Å²) < 4.78 is 0. The van der Waals surface area contributed by atoms with Crippen molar-refractivity contribution < 1.29 is 9.59 Å². The molecule has 1 aromatic heterocycles. The highest BCUT2D eigenvalue weighted by Gasteiger charge is 2.27. The lowest BCUT2D eigenvalue weighted by Gasteiger charge is -2.06. The van der Waals surface area contributed by atoms with Gasteiger partial charge in [0.15, 0.2) is 0 Å². The highest BCUT2D eigenvalue weighted by atomic mass is 32.1. The Hall–Kier alpha value is -1.70. The van der Waals surface area contributed by atoms with Crippen molar-refractivity contribution in [2.45, 2.75) is 38.6 Å². The summed E-state index contributed by atoms with van der Waals surface area (Å²) in [6.07, 6.45) is 4.31. The molecule has 3 amide bonds. The molecule has 1 aliphatic rings. The number of urea groups is 1. The summed E-state index contributed by atoms with van der Waals surface area (Å²) in [6.45, 7) is 2.45. The van der Waals surface area contributed by atoms with Crippen molar-refractivity contribution in [1.29, 1.82) is 0 Å². The maximum absolute atomic E-state index is 11.8. The predicted molar refractivity (Wildman–Crippen MR) is 72.1 cm³/mol. The van der Waals surface area contributed by atoms with Crippen LogP contribution in [0.5, 0.6) is 0 Å². The summed E-state index contributed by atoms with van der Waals surface area (Å²) in [5.74, 6) is -0.269. The number of rotatable bonds is 6. The van der Waals surface area contributed by atoms with Gasteiger partial charge < -0.3 is 10.6 Å². The summed E-state index contributed by atoms with van der Waals surface area (Å²) in [7, 11) is 0. The van der Waals surface area contributed by atoms with E-state index in [9.17, 15) is 9.59 Å². The molecule has 0 radical (unpaired) electrons. The molecule has 1 atom stereocenters. The van der Waals surface area contributed by atoms with E-state index in [1.807, 2.05) is 0 Å². The topological polar surface area (TPSA) is 96.0 Å². The van der Waals surface area contributed by atoms with Crippen LogP contribution >= 0.6 is 11.3 Å². The van der Waals surface area contributed by atoms with Crippen molar-refractivity contribution in [2.24, 2.45) is 0 Å². The Morgan fingerprint density at radius 3 is 3.00 bits per heavy atom. The van der Waals surface area contributed by atoms with Crippen LogP contribution in [0.3, 0.4) is 0 Å². The van der Waals surface area contributed by atoms with Crippen molar-refractivity contribution in [3.05, 3.63) is 5.01 Å². The molecule has 1 fully saturated rings. The SMILES string of the molecule is CCCCCc1nnc(NC(=O)[C@@H]2CNC(=O)N2)s1. The Morgan fingerprint density at radius 2 is 2.32 bits per heavy atom. The first kappa shape index (κ1) is 13.7. The van der Waals surface area contributed by atoms with Crippen LogP contribution in [-0.2, 0) is 11.2 Å². The third kappa shape index (κ3) is 3.88. The maximum Gasteiger partial charge on any atom is 0.315 e. The number of hydrogen-bond acceptors (Lipinski definition) is 5. The smallest absolute Gasteiger partial charge is 0.315 e. The van der Waals surface area contributed by atoms with Gasteiger partial charge in [0.2, 0.25) is 5.13 Å². The van der Waals surface area contributed by atoms with Crippen LogP contribution < -0.4 is 16.0 Å². The van der Waals surface area contributed by atoms with Crippen LogP contribution in [0.4, 0.5) is 9.93 Å². The van der Waals surface area contributed by atoms with Crippen LogP contribution in [0, 0.1) is 0 Å². The number of nitrogens with zero attached hydrogens (tertiary/aromatic N) is 2. The molecule has 2 rings (SSSR count). The minimum absolute atomic E-state index is 0.269. The molecule has 0 aliphatic carbocycles. The van der Waals surface area contributed by atoms with Crippen LogP contribution in [0.1, 0.15) is 31.2 Å². The van der Waals surface area contributed by atoms with Crippen molar-refractivity contribution in [1.82, 2.24) is 20.8 Å². The number of carbonyl (C=O) groups excluding carboxylic acids is 2. The Labute approximate surface area is 115 Å². The Morgan fingerprint density at radius 1 is 1.47 bits per heavy atom. The van der Waals surface area contributed by atoms with Gasteiger partial charge in [0.1, 0.15) is 11.0 Å². The highest BCUT2D eigenvalue weighted by molar-refractivity contribution is 7.15. The molecule has 19 heavy (non-hydrogen) atoms. The number of amides is 3. The molecular weight excluding hydrogens is 266 g/mol. The Bertz CT molecular complexity index is 462. The van der Waals surface area contributed by atoms with E-state index >= 15 is 0 Å². The van der Waals surface area contributed by atoms with Gasteiger partial charge in [-0.15, -0.1) is 10.2 Å². The van der Waals surface area contributed by atoms with E-state index in [4.69, 9.17) is 0 Å². The van der Waals surface area contributed by atoms with Crippen molar-refractivity contribution >= 4 is 28.4 Å². The zero-order valence-electron chi connectivity index (χ0n) is 10.7. The molecule has 0 aromatic carbocycles. The average molecular weight is 283 g/mol.